The van der Waals surface area contributed by atoms with Gasteiger partial charge in [0.15, 0.2) is 0 Å². The van der Waals surface area contributed by atoms with Crippen LogP contribution < -0.4 is 5.32 Å². The lowest BCUT2D eigenvalue weighted by Gasteiger charge is -2.08. The van der Waals surface area contributed by atoms with Gasteiger partial charge in [-0.25, -0.2) is 0 Å². The molecule has 0 saturated heterocycles. The molecule has 19 heavy (non-hydrogen) atoms. The van der Waals surface area contributed by atoms with Crippen molar-refractivity contribution in [3.63, 3.8) is 0 Å². The van der Waals surface area contributed by atoms with Gasteiger partial charge in [0.05, 0.1) is 11.0 Å². The SMILES string of the molecule is Brc1ccccc1CNc1ccc2nccnc2c1. The molecular weight excluding hydrogens is 302 g/mol. The second kappa shape index (κ2) is 5.36. The number of benzene rings is 2. The molecule has 0 aliphatic rings. The summed E-state index contributed by atoms with van der Waals surface area (Å²) in [6.07, 6.45) is 3.41. The van der Waals surface area contributed by atoms with Gasteiger partial charge in [-0.05, 0) is 29.8 Å². The smallest absolute Gasteiger partial charge is 0.0907 e. The minimum Gasteiger partial charge on any atom is -0.381 e. The zero-order valence-corrected chi connectivity index (χ0v) is 11.8. The molecule has 0 aliphatic heterocycles. The summed E-state index contributed by atoms with van der Waals surface area (Å²) in [4.78, 5) is 8.56. The number of hydrogen-bond acceptors (Lipinski definition) is 3. The number of hydrogen-bond donors (Lipinski definition) is 1. The average Bonchev–Trinajstić information content (AvgIpc) is 2.46. The summed E-state index contributed by atoms with van der Waals surface area (Å²) >= 11 is 3.55. The third kappa shape index (κ3) is 2.74. The lowest BCUT2D eigenvalue weighted by Crippen LogP contribution is -2.00. The van der Waals surface area contributed by atoms with E-state index in [1.54, 1.807) is 12.4 Å². The van der Waals surface area contributed by atoms with Gasteiger partial charge >= 0.3 is 0 Å². The van der Waals surface area contributed by atoms with Crippen molar-refractivity contribution in [1.82, 2.24) is 9.97 Å². The summed E-state index contributed by atoms with van der Waals surface area (Å²) < 4.78 is 1.11. The van der Waals surface area contributed by atoms with Crippen LogP contribution in [0, 0.1) is 0 Å². The Kier molecular flexibility index (Phi) is 3.42. The lowest BCUT2D eigenvalue weighted by molar-refractivity contribution is 1.14. The van der Waals surface area contributed by atoms with Gasteiger partial charge in [-0.15, -0.1) is 0 Å². The third-order valence-electron chi connectivity index (χ3n) is 2.91. The number of aromatic nitrogens is 2. The van der Waals surface area contributed by atoms with Crippen molar-refractivity contribution in [1.29, 1.82) is 0 Å². The van der Waals surface area contributed by atoms with Crippen molar-refractivity contribution in [3.05, 3.63) is 64.9 Å². The fraction of sp³-hybridized carbons (Fsp3) is 0.0667. The second-order valence-corrected chi connectivity index (χ2v) is 5.06. The molecule has 1 heterocycles. The molecule has 3 rings (SSSR count). The van der Waals surface area contributed by atoms with Crippen LogP contribution in [0.4, 0.5) is 5.69 Å². The molecule has 0 atom stereocenters. The molecule has 0 saturated carbocycles. The minimum atomic E-state index is 0.771. The number of rotatable bonds is 3. The van der Waals surface area contributed by atoms with Gasteiger partial charge in [0, 0.05) is 29.1 Å². The molecule has 1 aromatic heterocycles. The van der Waals surface area contributed by atoms with Gasteiger partial charge in [0.25, 0.3) is 0 Å². The fourth-order valence-electron chi connectivity index (χ4n) is 1.91. The maximum atomic E-state index is 4.30. The van der Waals surface area contributed by atoms with Crippen LogP contribution in [0.2, 0.25) is 0 Å². The van der Waals surface area contributed by atoms with E-state index in [0.717, 1.165) is 27.7 Å². The zero-order valence-electron chi connectivity index (χ0n) is 10.2. The molecule has 0 aliphatic carbocycles. The van der Waals surface area contributed by atoms with Gasteiger partial charge in [0.2, 0.25) is 0 Å². The molecule has 0 fully saturated rings. The van der Waals surface area contributed by atoms with Gasteiger partial charge < -0.3 is 5.32 Å². The summed E-state index contributed by atoms with van der Waals surface area (Å²) in [6.45, 7) is 0.771. The molecule has 0 radical (unpaired) electrons. The molecule has 1 N–H and O–H groups in total. The first-order valence-electron chi connectivity index (χ1n) is 6.01. The summed E-state index contributed by atoms with van der Waals surface area (Å²) in [6, 6.07) is 14.2. The van der Waals surface area contributed by atoms with E-state index in [2.05, 4.69) is 37.3 Å². The van der Waals surface area contributed by atoms with E-state index in [-0.39, 0.29) is 0 Å². The molecule has 94 valence electrons. The first-order valence-corrected chi connectivity index (χ1v) is 6.80. The van der Waals surface area contributed by atoms with Crippen LogP contribution in [-0.4, -0.2) is 9.97 Å². The van der Waals surface area contributed by atoms with Crippen molar-refractivity contribution in [2.24, 2.45) is 0 Å². The minimum absolute atomic E-state index is 0.771. The van der Waals surface area contributed by atoms with Crippen LogP contribution >= 0.6 is 15.9 Å². The van der Waals surface area contributed by atoms with Gasteiger partial charge in [-0.3, -0.25) is 9.97 Å². The molecule has 0 unspecified atom stereocenters. The highest BCUT2D eigenvalue weighted by molar-refractivity contribution is 9.10. The Hall–Kier alpha value is -1.94. The molecule has 0 bridgehead atoms. The highest BCUT2D eigenvalue weighted by Gasteiger charge is 2.00. The van der Waals surface area contributed by atoms with Gasteiger partial charge in [-0.1, -0.05) is 34.1 Å². The molecular formula is C15H12BrN3. The lowest BCUT2D eigenvalue weighted by atomic mass is 10.2. The Morgan fingerprint density at radius 1 is 0.947 bits per heavy atom. The zero-order chi connectivity index (χ0) is 13.1. The van der Waals surface area contributed by atoms with E-state index in [0.29, 0.717) is 0 Å². The second-order valence-electron chi connectivity index (χ2n) is 4.20. The molecule has 2 aromatic carbocycles. The van der Waals surface area contributed by atoms with Gasteiger partial charge in [-0.2, -0.15) is 0 Å². The first-order chi connectivity index (χ1) is 9.33. The highest BCUT2D eigenvalue weighted by atomic mass is 79.9. The molecule has 3 nitrogen and oxygen atoms in total. The van der Waals surface area contributed by atoms with Gasteiger partial charge in [0.1, 0.15) is 0 Å². The van der Waals surface area contributed by atoms with Crippen LogP contribution in [0.25, 0.3) is 11.0 Å². The van der Waals surface area contributed by atoms with E-state index in [1.807, 2.05) is 36.4 Å². The Labute approximate surface area is 119 Å². The first kappa shape index (κ1) is 12.1. The topological polar surface area (TPSA) is 37.8 Å². The van der Waals surface area contributed by atoms with Crippen molar-refractivity contribution in [3.8, 4) is 0 Å². The number of nitrogens with one attached hydrogen (secondary N) is 1. The maximum absolute atomic E-state index is 4.30. The number of anilines is 1. The van der Waals surface area contributed by atoms with Crippen molar-refractivity contribution < 1.29 is 0 Å². The Bertz CT molecular complexity index is 712. The van der Waals surface area contributed by atoms with Crippen LogP contribution in [-0.2, 0) is 6.54 Å². The quantitative estimate of drug-likeness (QED) is 0.794. The van der Waals surface area contributed by atoms with Crippen LogP contribution in [0.5, 0.6) is 0 Å². The molecule has 3 aromatic rings. The Morgan fingerprint density at radius 3 is 2.58 bits per heavy atom. The van der Waals surface area contributed by atoms with Crippen LogP contribution in [0.15, 0.2) is 59.3 Å². The largest absolute Gasteiger partial charge is 0.381 e. The maximum Gasteiger partial charge on any atom is 0.0907 e. The van der Waals surface area contributed by atoms with Crippen molar-refractivity contribution in [2.75, 3.05) is 5.32 Å². The number of halogens is 1. The van der Waals surface area contributed by atoms with Crippen molar-refractivity contribution in [2.45, 2.75) is 6.54 Å². The van der Waals surface area contributed by atoms with Crippen molar-refractivity contribution >= 4 is 32.7 Å². The summed E-state index contributed by atoms with van der Waals surface area (Å²) in [5.74, 6) is 0. The van der Waals surface area contributed by atoms with E-state index in [1.165, 1.54) is 5.56 Å². The monoisotopic (exact) mass is 313 g/mol. The predicted molar refractivity (Wildman–Crippen MR) is 81.0 cm³/mol. The normalized spacial score (nSPS) is 10.6. The highest BCUT2D eigenvalue weighted by Crippen LogP contribution is 2.19. The van der Waals surface area contributed by atoms with E-state index < -0.39 is 0 Å². The third-order valence-corrected chi connectivity index (χ3v) is 3.68. The van der Waals surface area contributed by atoms with Crippen LogP contribution in [0.3, 0.4) is 0 Å². The van der Waals surface area contributed by atoms with E-state index >= 15 is 0 Å². The molecule has 0 amide bonds. The fourth-order valence-corrected chi connectivity index (χ4v) is 2.34. The summed E-state index contributed by atoms with van der Waals surface area (Å²) in [5, 5.41) is 3.40. The predicted octanol–water partition coefficient (Wildman–Crippen LogP) is 4.00. The average molecular weight is 314 g/mol. The standard InChI is InChI=1S/C15H12BrN3/c16-13-4-2-1-3-11(13)10-19-12-5-6-14-15(9-12)18-8-7-17-14/h1-9,19H,10H2. The summed E-state index contributed by atoms with van der Waals surface area (Å²) in [5.41, 5.74) is 4.08. The molecule has 0 spiro atoms. The molecule has 4 heteroatoms. The van der Waals surface area contributed by atoms with Crippen LogP contribution in [0.1, 0.15) is 5.56 Å². The van der Waals surface area contributed by atoms with E-state index in [9.17, 15) is 0 Å². The number of nitrogens with zero attached hydrogens (tertiary/aromatic N) is 2. The number of fused-ring (bicyclic) bond motifs is 1. The Morgan fingerprint density at radius 2 is 1.74 bits per heavy atom. The summed E-state index contributed by atoms with van der Waals surface area (Å²) in [7, 11) is 0. The Balaban J connectivity index is 1.80. The van der Waals surface area contributed by atoms with E-state index in [4.69, 9.17) is 0 Å².